The van der Waals surface area contributed by atoms with Gasteiger partial charge in [0.1, 0.15) is 15.2 Å². The number of carbonyl (C=O) groups is 1. The molecule has 0 atom stereocenters. The van der Waals surface area contributed by atoms with E-state index in [9.17, 15) is 18.0 Å². The first kappa shape index (κ1) is 18.1. The Morgan fingerprint density at radius 1 is 1.19 bits per heavy atom. The highest BCUT2D eigenvalue weighted by Crippen LogP contribution is 2.30. The highest BCUT2D eigenvalue weighted by atomic mass is 32.2. The summed E-state index contributed by atoms with van der Waals surface area (Å²) in [5, 5.41) is 0. The number of hydrogen-bond acceptors (Lipinski definition) is 6. The fourth-order valence-electron chi connectivity index (χ4n) is 3.15. The molecule has 7 nitrogen and oxygen atoms in total. The predicted molar refractivity (Wildman–Crippen MR) is 106 cm³/mol. The van der Waals surface area contributed by atoms with Crippen LogP contribution in [0, 0.1) is 10.7 Å². The van der Waals surface area contributed by atoms with Crippen LogP contribution in [0.25, 0.3) is 5.52 Å². The molecule has 1 aromatic carbocycles. The van der Waals surface area contributed by atoms with Gasteiger partial charge < -0.3 is 0 Å². The van der Waals surface area contributed by atoms with Gasteiger partial charge in [-0.3, -0.25) is 18.9 Å². The Balaban J connectivity index is 1.89. The Hall–Kier alpha value is -2.30. The van der Waals surface area contributed by atoms with Crippen LogP contribution in [0.3, 0.4) is 0 Å². The van der Waals surface area contributed by atoms with Gasteiger partial charge in [0.25, 0.3) is 10.0 Å². The molecular weight excluding hydrogens is 406 g/mol. The zero-order valence-electron chi connectivity index (χ0n) is 14.2. The molecule has 0 saturated carbocycles. The van der Waals surface area contributed by atoms with Crippen LogP contribution in [0.4, 0.5) is 5.82 Å². The van der Waals surface area contributed by atoms with Gasteiger partial charge in [0.05, 0.1) is 9.77 Å². The molecule has 27 heavy (non-hydrogen) atoms. The van der Waals surface area contributed by atoms with Crippen LogP contribution >= 0.6 is 23.6 Å². The molecule has 4 rings (SSSR count). The van der Waals surface area contributed by atoms with Gasteiger partial charge in [0.2, 0.25) is 0 Å². The van der Waals surface area contributed by atoms with Crippen LogP contribution in [-0.4, -0.2) is 23.6 Å². The largest absolute Gasteiger partial charge is 0.332 e. The molecule has 0 spiro atoms. The zero-order valence-corrected chi connectivity index (χ0v) is 16.7. The number of aromatic amines is 1. The van der Waals surface area contributed by atoms with Crippen molar-refractivity contribution in [3.8, 4) is 0 Å². The van der Waals surface area contributed by atoms with Crippen molar-refractivity contribution >= 4 is 50.7 Å². The SMILES string of the molecule is Cc1ccc(S(=O)(=O)Nc2[nH]c(=O)n3c4c(sc(=S)c23)C(=O)CCC4)cc1. The molecule has 0 saturated heterocycles. The fourth-order valence-corrected chi connectivity index (χ4v) is 5.62. The number of Topliss-reactive ketones (excluding diaryl/α,β-unsaturated/α-hetero) is 1. The van der Waals surface area contributed by atoms with Crippen molar-refractivity contribution in [3.05, 3.63) is 54.7 Å². The van der Waals surface area contributed by atoms with Gasteiger partial charge in [-0.2, -0.15) is 0 Å². The van der Waals surface area contributed by atoms with Crippen LogP contribution in [-0.2, 0) is 16.4 Å². The maximum Gasteiger partial charge on any atom is 0.332 e. The molecule has 2 heterocycles. The van der Waals surface area contributed by atoms with E-state index in [1.54, 1.807) is 12.1 Å². The Labute approximate surface area is 163 Å². The zero-order chi connectivity index (χ0) is 19.3. The molecule has 1 aliphatic rings. The number of aryl methyl sites for hydroxylation is 2. The lowest BCUT2D eigenvalue weighted by atomic mass is 10.0. The van der Waals surface area contributed by atoms with Gasteiger partial charge in [-0.25, -0.2) is 13.2 Å². The summed E-state index contributed by atoms with van der Waals surface area (Å²) < 4.78 is 29.4. The number of imidazole rings is 1. The molecule has 0 aliphatic heterocycles. The second-order valence-corrected chi connectivity index (χ2v) is 9.72. The summed E-state index contributed by atoms with van der Waals surface area (Å²) in [5.74, 6) is -0.0215. The number of H-pyrrole nitrogens is 1. The first-order valence-corrected chi connectivity index (χ1v) is 10.9. The maximum atomic E-state index is 12.7. The van der Waals surface area contributed by atoms with E-state index < -0.39 is 15.7 Å². The second-order valence-electron chi connectivity index (χ2n) is 6.35. The smallest absolute Gasteiger partial charge is 0.293 e. The van der Waals surface area contributed by atoms with Crippen molar-refractivity contribution in [2.45, 2.75) is 31.1 Å². The minimum absolute atomic E-state index is 0.0163. The lowest BCUT2D eigenvalue weighted by molar-refractivity contribution is 0.0975. The summed E-state index contributed by atoms with van der Waals surface area (Å²) in [5.41, 5.74) is 1.28. The van der Waals surface area contributed by atoms with E-state index >= 15 is 0 Å². The fraction of sp³-hybridized carbons (Fsp3) is 0.235. The van der Waals surface area contributed by atoms with Crippen LogP contribution in [0.2, 0.25) is 0 Å². The van der Waals surface area contributed by atoms with Crippen molar-refractivity contribution < 1.29 is 13.2 Å². The second kappa shape index (κ2) is 6.39. The molecule has 10 heteroatoms. The van der Waals surface area contributed by atoms with Crippen molar-refractivity contribution in [1.82, 2.24) is 9.38 Å². The summed E-state index contributed by atoms with van der Waals surface area (Å²) in [6.45, 7) is 1.86. The normalized spacial score (nSPS) is 14.3. The number of fused-ring (bicyclic) bond motifs is 3. The number of anilines is 1. The average molecular weight is 422 g/mol. The summed E-state index contributed by atoms with van der Waals surface area (Å²) in [4.78, 5) is 27.8. The quantitative estimate of drug-likeness (QED) is 0.633. The number of nitrogens with zero attached hydrogens (tertiary/aromatic N) is 1. The van der Waals surface area contributed by atoms with E-state index in [4.69, 9.17) is 12.2 Å². The van der Waals surface area contributed by atoms with Crippen LogP contribution < -0.4 is 10.4 Å². The molecule has 0 radical (unpaired) electrons. The predicted octanol–water partition coefficient (Wildman–Crippen LogP) is 3.05. The number of aromatic nitrogens is 2. The van der Waals surface area contributed by atoms with Crippen LogP contribution in [0.5, 0.6) is 0 Å². The molecule has 2 N–H and O–H groups in total. The van der Waals surface area contributed by atoms with Crippen LogP contribution in [0.15, 0.2) is 34.0 Å². The third kappa shape index (κ3) is 3.03. The Morgan fingerprint density at radius 3 is 2.59 bits per heavy atom. The molecule has 140 valence electrons. The van der Waals surface area contributed by atoms with E-state index in [2.05, 4.69) is 9.71 Å². The van der Waals surface area contributed by atoms with Gasteiger partial charge in [-0.15, -0.1) is 11.3 Å². The Kier molecular flexibility index (Phi) is 4.28. The van der Waals surface area contributed by atoms with Gasteiger partial charge in [-0.05, 0) is 31.9 Å². The minimum atomic E-state index is -3.90. The van der Waals surface area contributed by atoms with E-state index in [-0.39, 0.29) is 25.8 Å². The number of hydrogen-bond donors (Lipinski definition) is 2. The molecule has 1 aliphatic carbocycles. The Bertz CT molecular complexity index is 1300. The number of sulfonamides is 1. The summed E-state index contributed by atoms with van der Waals surface area (Å²) >= 11 is 6.49. The molecule has 2 aromatic heterocycles. The number of ketones is 1. The molecule has 0 amide bonds. The van der Waals surface area contributed by atoms with Crippen molar-refractivity contribution in [3.63, 3.8) is 0 Å². The first-order valence-electron chi connectivity index (χ1n) is 8.21. The van der Waals surface area contributed by atoms with Crippen LogP contribution in [0.1, 0.15) is 33.8 Å². The van der Waals surface area contributed by atoms with Gasteiger partial charge >= 0.3 is 5.69 Å². The van der Waals surface area contributed by atoms with Gasteiger partial charge in [0, 0.05) is 12.1 Å². The average Bonchev–Trinajstić information content (AvgIpc) is 2.93. The lowest BCUT2D eigenvalue weighted by Crippen LogP contribution is -2.20. The number of rotatable bonds is 3. The van der Waals surface area contributed by atoms with E-state index in [0.717, 1.165) is 16.9 Å². The van der Waals surface area contributed by atoms with Crippen molar-refractivity contribution in [1.29, 1.82) is 0 Å². The van der Waals surface area contributed by atoms with Crippen molar-refractivity contribution in [2.75, 3.05) is 4.72 Å². The van der Waals surface area contributed by atoms with Gasteiger partial charge in [0.15, 0.2) is 5.78 Å². The molecule has 0 bridgehead atoms. The molecule has 3 aromatic rings. The standard InChI is InChI=1S/C17H15N3O4S3/c1-9-5-7-10(8-6-9)27(23,24)19-15-13-16(25)26-14-11(3-2-4-12(14)21)20(13)17(22)18-15/h5-8,19H,2-4H2,1H3,(H,18,22). The minimum Gasteiger partial charge on any atom is -0.293 e. The lowest BCUT2D eigenvalue weighted by Gasteiger charge is -2.15. The number of benzene rings is 1. The topological polar surface area (TPSA) is 101 Å². The third-order valence-corrected chi connectivity index (χ3v) is 7.31. The van der Waals surface area contributed by atoms with Crippen molar-refractivity contribution in [2.24, 2.45) is 0 Å². The third-order valence-electron chi connectivity index (χ3n) is 4.45. The molecule has 0 unspecified atom stereocenters. The van der Waals surface area contributed by atoms with E-state index in [1.807, 2.05) is 6.92 Å². The summed E-state index contributed by atoms with van der Waals surface area (Å²) in [6, 6.07) is 6.37. The number of nitrogens with one attached hydrogen (secondary N) is 2. The summed E-state index contributed by atoms with van der Waals surface area (Å²) in [7, 11) is -3.90. The Morgan fingerprint density at radius 2 is 1.89 bits per heavy atom. The monoisotopic (exact) mass is 421 g/mol. The summed E-state index contributed by atoms with van der Waals surface area (Å²) in [6.07, 6.45) is 1.63. The van der Waals surface area contributed by atoms with Gasteiger partial charge in [-0.1, -0.05) is 29.9 Å². The highest BCUT2D eigenvalue weighted by molar-refractivity contribution is 7.92. The molecular formula is C17H15N3O4S3. The molecule has 0 fully saturated rings. The van der Waals surface area contributed by atoms with E-state index in [0.29, 0.717) is 29.8 Å². The first-order chi connectivity index (χ1) is 12.8. The van der Waals surface area contributed by atoms with E-state index in [1.165, 1.54) is 16.5 Å². The number of carbonyl (C=O) groups excluding carboxylic acids is 1. The highest BCUT2D eigenvalue weighted by Gasteiger charge is 2.26. The maximum absolute atomic E-state index is 12.7.